The Labute approximate surface area is 171 Å². The Hall–Kier alpha value is -2.64. The van der Waals surface area contributed by atoms with Gasteiger partial charge in [0.2, 0.25) is 15.9 Å². The molecule has 0 aliphatic rings. The highest BCUT2D eigenvalue weighted by atomic mass is 32.2. The summed E-state index contributed by atoms with van der Waals surface area (Å²) in [6.45, 7) is 8.84. The number of benzene rings is 2. The van der Waals surface area contributed by atoms with Crippen molar-refractivity contribution in [2.45, 2.75) is 52.0 Å². The highest BCUT2D eigenvalue weighted by Gasteiger charge is 2.22. The Morgan fingerprint density at radius 1 is 1.10 bits per heavy atom. The first-order chi connectivity index (χ1) is 13.6. The first kappa shape index (κ1) is 21.1. The largest absolute Gasteiger partial charge is 0.361 e. The summed E-state index contributed by atoms with van der Waals surface area (Å²) >= 11 is 0. The molecule has 0 saturated carbocycles. The van der Waals surface area contributed by atoms with E-state index in [1.54, 1.807) is 26.0 Å². The Morgan fingerprint density at radius 2 is 1.83 bits per heavy atom. The number of aryl methyl sites for hydroxylation is 3. The lowest BCUT2D eigenvalue weighted by molar-refractivity contribution is -0.114. The van der Waals surface area contributed by atoms with Crippen molar-refractivity contribution < 1.29 is 13.2 Å². The number of amides is 1. The standard InChI is InChI=1S/C22H27N3O3S/c1-13-7-6-8-19-18(12-23-22(13)19)11-16(4)25-29(27,28)21-10-14(2)20(9-15(21)3)24-17(5)26/h6-10,12,16,23,25H,11H2,1-5H3,(H,24,26)/t16-/m0/s1. The fraction of sp³-hybridized carbons (Fsp3) is 0.318. The molecule has 7 heteroatoms. The number of aromatic amines is 1. The molecule has 2 aromatic carbocycles. The summed E-state index contributed by atoms with van der Waals surface area (Å²) in [6, 6.07) is 9.11. The second-order valence-corrected chi connectivity index (χ2v) is 9.33. The van der Waals surface area contributed by atoms with Crippen LogP contribution in [0.4, 0.5) is 5.69 Å². The first-order valence-electron chi connectivity index (χ1n) is 9.55. The quantitative estimate of drug-likeness (QED) is 0.571. The number of hydrogen-bond donors (Lipinski definition) is 3. The van der Waals surface area contributed by atoms with E-state index in [1.807, 2.05) is 38.2 Å². The number of aromatic nitrogens is 1. The van der Waals surface area contributed by atoms with Crippen LogP contribution in [0.2, 0.25) is 0 Å². The molecule has 3 aromatic rings. The number of nitrogens with one attached hydrogen (secondary N) is 3. The molecule has 3 rings (SSSR count). The van der Waals surface area contributed by atoms with Crippen molar-refractivity contribution in [3.8, 4) is 0 Å². The fourth-order valence-corrected chi connectivity index (χ4v) is 5.19. The molecule has 0 radical (unpaired) electrons. The van der Waals surface area contributed by atoms with Crippen LogP contribution in [0.25, 0.3) is 10.9 Å². The lowest BCUT2D eigenvalue weighted by Gasteiger charge is -2.17. The highest BCUT2D eigenvalue weighted by molar-refractivity contribution is 7.89. The van der Waals surface area contributed by atoms with Gasteiger partial charge in [0, 0.05) is 35.8 Å². The predicted octanol–water partition coefficient (Wildman–Crippen LogP) is 3.96. The number of H-pyrrole nitrogens is 1. The zero-order valence-electron chi connectivity index (χ0n) is 17.4. The maximum atomic E-state index is 13.0. The molecule has 6 nitrogen and oxygen atoms in total. The zero-order chi connectivity index (χ0) is 21.3. The van der Waals surface area contributed by atoms with E-state index >= 15 is 0 Å². The van der Waals surface area contributed by atoms with Gasteiger partial charge < -0.3 is 10.3 Å². The summed E-state index contributed by atoms with van der Waals surface area (Å²) in [6.07, 6.45) is 2.52. The van der Waals surface area contributed by atoms with Crippen LogP contribution < -0.4 is 10.0 Å². The molecular formula is C22H27N3O3S. The van der Waals surface area contributed by atoms with Crippen molar-refractivity contribution in [1.82, 2.24) is 9.71 Å². The first-order valence-corrected chi connectivity index (χ1v) is 11.0. The van der Waals surface area contributed by atoms with Gasteiger partial charge in [-0.25, -0.2) is 13.1 Å². The third-order valence-corrected chi connectivity index (χ3v) is 6.75. The summed E-state index contributed by atoms with van der Waals surface area (Å²) in [5, 5.41) is 3.84. The number of carbonyl (C=O) groups is 1. The van der Waals surface area contributed by atoms with E-state index < -0.39 is 10.0 Å². The molecule has 0 fully saturated rings. The van der Waals surface area contributed by atoms with Crippen molar-refractivity contribution >= 4 is 32.5 Å². The molecule has 3 N–H and O–H groups in total. The van der Waals surface area contributed by atoms with Crippen molar-refractivity contribution in [3.05, 3.63) is 58.8 Å². The van der Waals surface area contributed by atoms with Crippen LogP contribution in [0.5, 0.6) is 0 Å². The van der Waals surface area contributed by atoms with Crippen LogP contribution >= 0.6 is 0 Å². The molecule has 0 spiro atoms. The van der Waals surface area contributed by atoms with Crippen LogP contribution in [-0.2, 0) is 21.2 Å². The van der Waals surface area contributed by atoms with E-state index in [0.717, 1.165) is 22.0 Å². The second-order valence-electron chi connectivity index (χ2n) is 7.65. The minimum absolute atomic E-state index is 0.191. The number of fused-ring (bicyclic) bond motifs is 1. The normalized spacial score (nSPS) is 12.9. The van der Waals surface area contributed by atoms with Crippen molar-refractivity contribution in [1.29, 1.82) is 0 Å². The van der Waals surface area contributed by atoms with Gasteiger partial charge in [-0.05, 0) is 68.5 Å². The Bertz CT molecular complexity index is 1180. The predicted molar refractivity (Wildman–Crippen MR) is 117 cm³/mol. The molecule has 1 atom stereocenters. The molecule has 0 aliphatic heterocycles. The van der Waals surface area contributed by atoms with Crippen molar-refractivity contribution in [3.63, 3.8) is 0 Å². The van der Waals surface area contributed by atoms with Crippen LogP contribution in [0.1, 0.15) is 36.1 Å². The molecule has 0 aliphatic carbocycles. The maximum absolute atomic E-state index is 13.0. The van der Waals surface area contributed by atoms with Crippen LogP contribution in [0.15, 0.2) is 41.4 Å². The Kier molecular flexibility index (Phi) is 5.82. The number of hydrogen-bond acceptors (Lipinski definition) is 3. The molecule has 154 valence electrons. The van der Waals surface area contributed by atoms with E-state index in [9.17, 15) is 13.2 Å². The zero-order valence-corrected chi connectivity index (χ0v) is 18.2. The van der Waals surface area contributed by atoms with Gasteiger partial charge in [-0.3, -0.25) is 4.79 Å². The molecule has 0 unspecified atom stereocenters. The monoisotopic (exact) mass is 413 g/mol. The summed E-state index contributed by atoms with van der Waals surface area (Å²) in [7, 11) is -3.70. The average Bonchev–Trinajstić information content (AvgIpc) is 3.01. The third kappa shape index (κ3) is 4.52. The Morgan fingerprint density at radius 3 is 2.52 bits per heavy atom. The molecule has 1 aromatic heterocycles. The molecule has 0 bridgehead atoms. The lowest BCUT2D eigenvalue weighted by Crippen LogP contribution is -2.34. The van der Waals surface area contributed by atoms with Crippen molar-refractivity contribution in [2.75, 3.05) is 5.32 Å². The Balaban J connectivity index is 1.82. The number of anilines is 1. The fourth-order valence-electron chi connectivity index (χ4n) is 3.64. The van der Waals surface area contributed by atoms with Gasteiger partial charge in [0.15, 0.2) is 0 Å². The SMILES string of the molecule is CC(=O)Nc1cc(C)c(S(=O)(=O)N[C@@H](C)Cc2c[nH]c3c(C)cccc23)cc1C. The minimum Gasteiger partial charge on any atom is -0.361 e. The summed E-state index contributed by atoms with van der Waals surface area (Å²) < 4.78 is 28.8. The average molecular weight is 414 g/mol. The summed E-state index contributed by atoms with van der Waals surface area (Å²) in [4.78, 5) is 14.8. The van der Waals surface area contributed by atoms with Gasteiger partial charge in [-0.2, -0.15) is 0 Å². The number of sulfonamides is 1. The van der Waals surface area contributed by atoms with E-state index in [1.165, 1.54) is 6.92 Å². The van der Waals surface area contributed by atoms with Gasteiger partial charge in [-0.15, -0.1) is 0 Å². The number of rotatable bonds is 6. The van der Waals surface area contributed by atoms with E-state index in [4.69, 9.17) is 0 Å². The maximum Gasteiger partial charge on any atom is 0.241 e. The van der Waals surface area contributed by atoms with Crippen LogP contribution in [0.3, 0.4) is 0 Å². The molecule has 0 saturated heterocycles. The third-order valence-electron chi connectivity index (χ3n) is 5.01. The van der Waals surface area contributed by atoms with Gasteiger partial charge in [-0.1, -0.05) is 18.2 Å². The smallest absolute Gasteiger partial charge is 0.241 e. The summed E-state index contributed by atoms with van der Waals surface area (Å²) in [5.41, 5.74) is 5.22. The van der Waals surface area contributed by atoms with Gasteiger partial charge in [0.25, 0.3) is 0 Å². The molecule has 1 amide bonds. The summed E-state index contributed by atoms with van der Waals surface area (Å²) in [5.74, 6) is -0.191. The molecule has 29 heavy (non-hydrogen) atoms. The van der Waals surface area contributed by atoms with Gasteiger partial charge >= 0.3 is 0 Å². The molecular weight excluding hydrogens is 386 g/mol. The van der Waals surface area contributed by atoms with E-state index in [0.29, 0.717) is 23.2 Å². The lowest BCUT2D eigenvalue weighted by atomic mass is 10.1. The van der Waals surface area contributed by atoms with Crippen molar-refractivity contribution in [2.24, 2.45) is 0 Å². The van der Waals surface area contributed by atoms with Gasteiger partial charge in [0.05, 0.1) is 4.90 Å². The number of para-hydroxylation sites is 1. The van der Waals surface area contributed by atoms with Crippen LogP contribution in [-0.4, -0.2) is 25.4 Å². The minimum atomic E-state index is -3.70. The van der Waals surface area contributed by atoms with Gasteiger partial charge in [0.1, 0.15) is 0 Å². The highest BCUT2D eigenvalue weighted by Crippen LogP contribution is 2.25. The van der Waals surface area contributed by atoms with E-state index in [-0.39, 0.29) is 16.8 Å². The van der Waals surface area contributed by atoms with E-state index in [2.05, 4.69) is 15.0 Å². The number of carbonyl (C=O) groups excluding carboxylic acids is 1. The van der Waals surface area contributed by atoms with Crippen LogP contribution in [0, 0.1) is 20.8 Å². The molecule has 1 heterocycles. The topological polar surface area (TPSA) is 91.1 Å². The second kappa shape index (κ2) is 8.00.